The van der Waals surface area contributed by atoms with Gasteiger partial charge in [-0.05, 0) is 66.1 Å². The van der Waals surface area contributed by atoms with Crippen LogP contribution in [0, 0.1) is 0 Å². The summed E-state index contributed by atoms with van der Waals surface area (Å²) in [5.41, 5.74) is 6.68. The van der Waals surface area contributed by atoms with Crippen molar-refractivity contribution in [2.24, 2.45) is 0 Å². The van der Waals surface area contributed by atoms with Crippen molar-refractivity contribution in [3.63, 3.8) is 0 Å². The fourth-order valence-electron chi connectivity index (χ4n) is 3.56. The monoisotopic (exact) mass is 327 g/mol. The molecular weight excluding hydrogens is 306 g/mol. The second-order valence-corrected chi connectivity index (χ2v) is 6.61. The fourth-order valence-corrected chi connectivity index (χ4v) is 3.56. The SMILES string of the molecule is O=C(Nc1ccc2c(c1)CCC2)c1ccccc1Cc1ccccc1. The number of hydrogen-bond acceptors (Lipinski definition) is 1. The lowest BCUT2D eigenvalue weighted by atomic mass is 9.99. The van der Waals surface area contributed by atoms with E-state index in [1.54, 1.807) is 0 Å². The summed E-state index contributed by atoms with van der Waals surface area (Å²) in [7, 11) is 0. The summed E-state index contributed by atoms with van der Waals surface area (Å²) in [5.74, 6) is -0.0375. The maximum atomic E-state index is 12.8. The molecule has 3 aromatic carbocycles. The van der Waals surface area contributed by atoms with Gasteiger partial charge in [-0.2, -0.15) is 0 Å². The quantitative estimate of drug-likeness (QED) is 0.716. The van der Waals surface area contributed by atoms with E-state index in [9.17, 15) is 4.79 Å². The average Bonchev–Trinajstić information content (AvgIpc) is 3.11. The second kappa shape index (κ2) is 6.94. The third kappa shape index (κ3) is 3.48. The Morgan fingerprint density at radius 1 is 0.840 bits per heavy atom. The van der Waals surface area contributed by atoms with Gasteiger partial charge >= 0.3 is 0 Å². The van der Waals surface area contributed by atoms with Gasteiger partial charge in [-0.15, -0.1) is 0 Å². The van der Waals surface area contributed by atoms with Crippen LogP contribution in [0.2, 0.25) is 0 Å². The van der Waals surface area contributed by atoms with E-state index < -0.39 is 0 Å². The molecule has 0 heterocycles. The van der Waals surface area contributed by atoms with Gasteiger partial charge in [0.2, 0.25) is 0 Å². The van der Waals surface area contributed by atoms with Crippen LogP contribution in [0.4, 0.5) is 5.69 Å². The van der Waals surface area contributed by atoms with Gasteiger partial charge in [0.1, 0.15) is 0 Å². The Morgan fingerprint density at radius 3 is 2.48 bits per heavy atom. The zero-order chi connectivity index (χ0) is 17.1. The number of rotatable bonds is 4. The molecule has 0 spiro atoms. The first-order valence-corrected chi connectivity index (χ1v) is 8.84. The van der Waals surface area contributed by atoms with E-state index in [0.717, 1.165) is 36.1 Å². The van der Waals surface area contributed by atoms with Crippen LogP contribution in [0.5, 0.6) is 0 Å². The number of hydrogen-bond donors (Lipinski definition) is 1. The molecule has 2 heteroatoms. The first kappa shape index (κ1) is 15.6. The zero-order valence-corrected chi connectivity index (χ0v) is 14.2. The minimum atomic E-state index is -0.0375. The fraction of sp³-hybridized carbons (Fsp3) is 0.174. The molecule has 0 atom stereocenters. The Bertz CT molecular complexity index is 899. The summed E-state index contributed by atoms with van der Waals surface area (Å²) in [6, 6.07) is 24.4. The summed E-state index contributed by atoms with van der Waals surface area (Å²) in [4.78, 5) is 12.8. The van der Waals surface area contributed by atoms with Crippen LogP contribution in [0.1, 0.15) is 39.0 Å². The molecule has 3 aromatic rings. The lowest BCUT2D eigenvalue weighted by molar-refractivity contribution is 0.102. The molecule has 1 aliphatic rings. The van der Waals surface area contributed by atoms with E-state index in [0.29, 0.717) is 0 Å². The highest BCUT2D eigenvalue weighted by molar-refractivity contribution is 6.05. The van der Waals surface area contributed by atoms with Gasteiger partial charge in [-0.3, -0.25) is 4.79 Å². The molecule has 0 aliphatic heterocycles. The maximum absolute atomic E-state index is 12.8. The van der Waals surface area contributed by atoms with Gasteiger partial charge in [0.05, 0.1) is 0 Å². The number of anilines is 1. The van der Waals surface area contributed by atoms with E-state index in [4.69, 9.17) is 0 Å². The normalized spacial score (nSPS) is 12.6. The molecule has 0 radical (unpaired) electrons. The molecule has 0 aromatic heterocycles. The van der Waals surface area contributed by atoms with E-state index in [-0.39, 0.29) is 5.91 Å². The van der Waals surface area contributed by atoms with Gasteiger partial charge in [0, 0.05) is 11.3 Å². The number of benzene rings is 3. The molecule has 124 valence electrons. The van der Waals surface area contributed by atoms with Crippen LogP contribution < -0.4 is 5.32 Å². The van der Waals surface area contributed by atoms with Crippen molar-refractivity contribution in [1.29, 1.82) is 0 Å². The largest absolute Gasteiger partial charge is 0.322 e. The lowest BCUT2D eigenvalue weighted by Gasteiger charge is -2.11. The minimum Gasteiger partial charge on any atom is -0.322 e. The van der Waals surface area contributed by atoms with E-state index in [1.165, 1.54) is 23.1 Å². The number of carbonyl (C=O) groups is 1. The average molecular weight is 327 g/mol. The zero-order valence-electron chi connectivity index (χ0n) is 14.2. The van der Waals surface area contributed by atoms with Crippen LogP contribution in [0.25, 0.3) is 0 Å². The summed E-state index contributed by atoms with van der Waals surface area (Å²) >= 11 is 0. The van der Waals surface area contributed by atoms with Gasteiger partial charge in [0.25, 0.3) is 5.91 Å². The molecule has 1 amide bonds. The first-order valence-electron chi connectivity index (χ1n) is 8.84. The van der Waals surface area contributed by atoms with Crippen molar-refractivity contribution in [3.8, 4) is 0 Å². The summed E-state index contributed by atoms with van der Waals surface area (Å²) < 4.78 is 0. The summed E-state index contributed by atoms with van der Waals surface area (Å²) in [6.07, 6.45) is 4.24. The molecule has 0 saturated heterocycles. The smallest absolute Gasteiger partial charge is 0.255 e. The van der Waals surface area contributed by atoms with E-state index in [2.05, 4.69) is 29.6 Å². The molecule has 25 heavy (non-hydrogen) atoms. The molecule has 0 fully saturated rings. The topological polar surface area (TPSA) is 29.1 Å². The number of amides is 1. The Labute approximate surface area is 148 Å². The number of carbonyl (C=O) groups excluding carboxylic acids is 1. The van der Waals surface area contributed by atoms with E-state index in [1.807, 2.05) is 48.5 Å². The van der Waals surface area contributed by atoms with Gasteiger partial charge in [-0.1, -0.05) is 54.6 Å². The first-order chi connectivity index (χ1) is 12.3. The predicted molar refractivity (Wildman–Crippen MR) is 102 cm³/mol. The number of aryl methyl sites for hydroxylation is 2. The van der Waals surface area contributed by atoms with Crippen LogP contribution in [-0.2, 0) is 19.3 Å². The maximum Gasteiger partial charge on any atom is 0.255 e. The van der Waals surface area contributed by atoms with Crippen LogP contribution in [-0.4, -0.2) is 5.91 Å². The highest BCUT2D eigenvalue weighted by atomic mass is 16.1. The minimum absolute atomic E-state index is 0.0375. The Hall–Kier alpha value is -2.87. The molecule has 2 nitrogen and oxygen atoms in total. The number of fused-ring (bicyclic) bond motifs is 1. The molecular formula is C23H21NO. The highest BCUT2D eigenvalue weighted by Crippen LogP contribution is 2.25. The van der Waals surface area contributed by atoms with Gasteiger partial charge < -0.3 is 5.32 Å². The second-order valence-electron chi connectivity index (χ2n) is 6.61. The summed E-state index contributed by atoms with van der Waals surface area (Å²) in [5, 5.41) is 3.08. The number of nitrogens with one attached hydrogen (secondary N) is 1. The van der Waals surface area contributed by atoms with Crippen molar-refractivity contribution < 1.29 is 4.79 Å². The molecule has 0 saturated carbocycles. The Morgan fingerprint density at radius 2 is 1.60 bits per heavy atom. The van der Waals surface area contributed by atoms with Gasteiger partial charge in [0.15, 0.2) is 0 Å². The molecule has 4 rings (SSSR count). The Kier molecular flexibility index (Phi) is 4.34. The van der Waals surface area contributed by atoms with Crippen molar-refractivity contribution in [3.05, 3.63) is 101 Å². The van der Waals surface area contributed by atoms with Crippen LogP contribution >= 0.6 is 0 Å². The van der Waals surface area contributed by atoms with E-state index >= 15 is 0 Å². The molecule has 1 N–H and O–H groups in total. The highest BCUT2D eigenvalue weighted by Gasteiger charge is 2.14. The van der Waals surface area contributed by atoms with Crippen LogP contribution in [0.15, 0.2) is 72.8 Å². The third-order valence-electron chi connectivity index (χ3n) is 4.86. The van der Waals surface area contributed by atoms with Gasteiger partial charge in [-0.25, -0.2) is 0 Å². The van der Waals surface area contributed by atoms with Crippen molar-refractivity contribution in [2.45, 2.75) is 25.7 Å². The third-order valence-corrected chi connectivity index (χ3v) is 4.86. The lowest BCUT2D eigenvalue weighted by Crippen LogP contribution is -2.14. The van der Waals surface area contributed by atoms with Crippen molar-refractivity contribution >= 4 is 11.6 Å². The molecule has 0 unspecified atom stereocenters. The predicted octanol–water partition coefficient (Wildman–Crippen LogP) is 5.02. The van der Waals surface area contributed by atoms with Crippen molar-refractivity contribution in [1.82, 2.24) is 0 Å². The van der Waals surface area contributed by atoms with Crippen molar-refractivity contribution in [2.75, 3.05) is 5.32 Å². The molecule has 1 aliphatic carbocycles. The molecule has 0 bridgehead atoms. The standard InChI is InChI=1S/C23H21NO/c25-23(24-21-14-13-18-10-6-11-19(18)16-21)22-12-5-4-9-20(22)15-17-7-2-1-3-8-17/h1-5,7-9,12-14,16H,6,10-11,15H2,(H,24,25). The van der Waals surface area contributed by atoms with Crippen LogP contribution in [0.3, 0.4) is 0 Å². The Balaban J connectivity index is 1.56. The summed E-state index contributed by atoms with van der Waals surface area (Å²) in [6.45, 7) is 0.